The van der Waals surface area contributed by atoms with E-state index in [0.717, 1.165) is 5.75 Å². The van der Waals surface area contributed by atoms with Gasteiger partial charge in [0, 0.05) is 12.7 Å². The van der Waals surface area contributed by atoms with E-state index in [2.05, 4.69) is 5.32 Å². The molecule has 162 valence electrons. The zero-order chi connectivity index (χ0) is 22.3. The molecule has 0 fully saturated rings. The van der Waals surface area contributed by atoms with Crippen molar-refractivity contribution in [3.63, 3.8) is 0 Å². The highest BCUT2D eigenvalue weighted by molar-refractivity contribution is 7.92. The first kappa shape index (κ1) is 22.2. The molecule has 31 heavy (non-hydrogen) atoms. The van der Waals surface area contributed by atoms with E-state index in [1.807, 2.05) is 13.0 Å². The number of sulfonamides is 1. The van der Waals surface area contributed by atoms with Crippen LogP contribution in [0.5, 0.6) is 11.5 Å². The van der Waals surface area contributed by atoms with Crippen molar-refractivity contribution >= 4 is 27.3 Å². The number of para-hydroxylation sites is 1. The summed E-state index contributed by atoms with van der Waals surface area (Å²) in [6, 6.07) is 21.8. The fourth-order valence-electron chi connectivity index (χ4n) is 2.81. The first-order valence-electron chi connectivity index (χ1n) is 9.69. The number of hydrogen-bond acceptors (Lipinski definition) is 5. The molecule has 3 aromatic carbocycles. The largest absolute Gasteiger partial charge is 0.494 e. The fraction of sp³-hybridized carbons (Fsp3) is 0.174. The average Bonchev–Trinajstić information content (AvgIpc) is 2.79. The molecule has 0 heterocycles. The summed E-state index contributed by atoms with van der Waals surface area (Å²) in [6.07, 6.45) is 0. The van der Waals surface area contributed by atoms with Crippen molar-refractivity contribution in [3.05, 3.63) is 78.9 Å². The van der Waals surface area contributed by atoms with E-state index in [0.29, 0.717) is 23.7 Å². The number of ether oxygens (including phenoxy) is 2. The van der Waals surface area contributed by atoms with Gasteiger partial charge in [-0.25, -0.2) is 8.42 Å². The topological polar surface area (TPSA) is 84.9 Å². The molecule has 0 radical (unpaired) electrons. The van der Waals surface area contributed by atoms with Gasteiger partial charge in [0.15, 0.2) is 6.61 Å². The SMILES string of the molecule is CCOc1ccc(OCC(=O)Nc2cccc(S(=O)(=O)N(C)c3ccccc3)c2)cc1. The Morgan fingerprint density at radius 1 is 0.903 bits per heavy atom. The van der Waals surface area contributed by atoms with Gasteiger partial charge in [-0.05, 0) is 61.5 Å². The van der Waals surface area contributed by atoms with E-state index in [4.69, 9.17) is 9.47 Å². The van der Waals surface area contributed by atoms with E-state index in [1.165, 1.54) is 23.5 Å². The number of carbonyl (C=O) groups is 1. The van der Waals surface area contributed by atoms with Crippen molar-refractivity contribution < 1.29 is 22.7 Å². The third kappa shape index (κ3) is 5.76. The maximum atomic E-state index is 12.9. The van der Waals surface area contributed by atoms with Crippen molar-refractivity contribution in [1.29, 1.82) is 0 Å². The van der Waals surface area contributed by atoms with Gasteiger partial charge in [0.05, 0.1) is 17.2 Å². The van der Waals surface area contributed by atoms with Crippen LogP contribution in [0.1, 0.15) is 6.92 Å². The van der Waals surface area contributed by atoms with Gasteiger partial charge in [0.1, 0.15) is 11.5 Å². The number of carbonyl (C=O) groups excluding carboxylic acids is 1. The second-order valence-corrected chi connectivity index (χ2v) is 8.55. The van der Waals surface area contributed by atoms with E-state index in [9.17, 15) is 13.2 Å². The Bertz CT molecular complexity index is 1120. The maximum absolute atomic E-state index is 12.9. The van der Waals surface area contributed by atoms with Crippen LogP contribution in [-0.4, -0.2) is 34.6 Å². The zero-order valence-electron chi connectivity index (χ0n) is 17.3. The van der Waals surface area contributed by atoms with Crippen LogP contribution in [0.25, 0.3) is 0 Å². The molecule has 0 aliphatic heterocycles. The van der Waals surface area contributed by atoms with E-state index in [-0.39, 0.29) is 11.5 Å². The smallest absolute Gasteiger partial charge is 0.264 e. The second kappa shape index (κ2) is 9.99. The third-order valence-corrected chi connectivity index (χ3v) is 6.18. The van der Waals surface area contributed by atoms with Gasteiger partial charge < -0.3 is 14.8 Å². The molecule has 3 rings (SSSR count). The van der Waals surface area contributed by atoms with E-state index < -0.39 is 15.9 Å². The molecule has 0 aliphatic carbocycles. The Morgan fingerprint density at radius 3 is 2.19 bits per heavy atom. The lowest BCUT2D eigenvalue weighted by molar-refractivity contribution is -0.118. The van der Waals surface area contributed by atoms with Gasteiger partial charge in [-0.15, -0.1) is 0 Å². The minimum atomic E-state index is -3.78. The molecule has 1 N–H and O–H groups in total. The number of benzene rings is 3. The molecule has 7 nitrogen and oxygen atoms in total. The normalized spacial score (nSPS) is 10.9. The van der Waals surface area contributed by atoms with E-state index in [1.54, 1.807) is 60.7 Å². The molecule has 0 unspecified atom stereocenters. The summed E-state index contributed by atoms with van der Waals surface area (Å²) < 4.78 is 37.9. The van der Waals surface area contributed by atoms with Crippen LogP contribution >= 0.6 is 0 Å². The van der Waals surface area contributed by atoms with Gasteiger partial charge in [-0.1, -0.05) is 24.3 Å². The first-order valence-corrected chi connectivity index (χ1v) is 11.1. The highest BCUT2D eigenvalue weighted by atomic mass is 32.2. The van der Waals surface area contributed by atoms with Gasteiger partial charge >= 0.3 is 0 Å². The van der Waals surface area contributed by atoms with Gasteiger partial charge in [-0.2, -0.15) is 0 Å². The lowest BCUT2D eigenvalue weighted by Gasteiger charge is -2.19. The molecule has 0 saturated heterocycles. The summed E-state index contributed by atoms with van der Waals surface area (Å²) in [5.41, 5.74) is 0.906. The lowest BCUT2D eigenvalue weighted by atomic mass is 10.3. The maximum Gasteiger partial charge on any atom is 0.264 e. The van der Waals surface area contributed by atoms with Crippen LogP contribution in [0.4, 0.5) is 11.4 Å². The Balaban J connectivity index is 1.64. The predicted molar refractivity (Wildman–Crippen MR) is 120 cm³/mol. The summed E-state index contributed by atoms with van der Waals surface area (Å²) in [5.74, 6) is 0.845. The monoisotopic (exact) mass is 440 g/mol. The predicted octanol–water partition coefficient (Wildman–Crippen LogP) is 3.93. The molecule has 0 atom stereocenters. The number of amides is 1. The highest BCUT2D eigenvalue weighted by Crippen LogP contribution is 2.24. The number of hydrogen-bond donors (Lipinski definition) is 1. The lowest BCUT2D eigenvalue weighted by Crippen LogP contribution is -2.26. The average molecular weight is 441 g/mol. The van der Waals surface area contributed by atoms with Crippen molar-refractivity contribution in [2.45, 2.75) is 11.8 Å². The summed E-state index contributed by atoms with van der Waals surface area (Å²) in [7, 11) is -2.29. The Morgan fingerprint density at radius 2 is 1.55 bits per heavy atom. The Kier molecular flexibility index (Phi) is 7.15. The van der Waals surface area contributed by atoms with Crippen molar-refractivity contribution in [2.24, 2.45) is 0 Å². The number of nitrogens with zero attached hydrogens (tertiary/aromatic N) is 1. The number of nitrogens with one attached hydrogen (secondary N) is 1. The van der Waals surface area contributed by atoms with Crippen LogP contribution in [-0.2, 0) is 14.8 Å². The fourth-order valence-corrected chi connectivity index (χ4v) is 4.06. The molecule has 0 aliphatic rings. The standard InChI is InChI=1S/C23H24N2O5S/c1-3-29-20-12-14-21(15-13-20)30-17-23(26)24-18-8-7-11-22(16-18)31(27,28)25(2)19-9-5-4-6-10-19/h4-16H,3,17H2,1-2H3,(H,24,26). The van der Waals surface area contributed by atoms with Crippen LogP contribution in [0.15, 0.2) is 83.8 Å². The van der Waals surface area contributed by atoms with Crippen molar-refractivity contribution in [1.82, 2.24) is 0 Å². The van der Waals surface area contributed by atoms with Crippen LogP contribution in [0.3, 0.4) is 0 Å². The Hall–Kier alpha value is -3.52. The quantitative estimate of drug-likeness (QED) is 0.545. The van der Waals surface area contributed by atoms with Crippen molar-refractivity contribution in [2.75, 3.05) is 29.9 Å². The van der Waals surface area contributed by atoms with Crippen molar-refractivity contribution in [3.8, 4) is 11.5 Å². The molecule has 0 spiro atoms. The molecule has 0 saturated carbocycles. The first-order chi connectivity index (χ1) is 14.9. The Labute approximate surface area is 182 Å². The van der Waals surface area contributed by atoms with Gasteiger partial charge in [0.25, 0.3) is 15.9 Å². The van der Waals surface area contributed by atoms with Gasteiger partial charge in [0.2, 0.25) is 0 Å². The van der Waals surface area contributed by atoms with Gasteiger partial charge in [-0.3, -0.25) is 9.10 Å². The minimum Gasteiger partial charge on any atom is -0.494 e. The van der Waals surface area contributed by atoms with E-state index >= 15 is 0 Å². The molecular formula is C23H24N2O5S. The van der Waals surface area contributed by atoms with Crippen LogP contribution in [0, 0.1) is 0 Å². The molecule has 8 heteroatoms. The molecule has 3 aromatic rings. The summed E-state index contributed by atoms with van der Waals surface area (Å²) in [6.45, 7) is 2.25. The van der Waals surface area contributed by atoms with Crippen LogP contribution < -0.4 is 19.1 Å². The molecule has 0 bridgehead atoms. The zero-order valence-corrected chi connectivity index (χ0v) is 18.1. The van der Waals surface area contributed by atoms with Crippen LogP contribution in [0.2, 0.25) is 0 Å². The second-order valence-electron chi connectivity index (χ2n) is 6.58. The summed E-state index contributed by atoms with van der Waals surface area (Å²) in [5, 5.41) is 2.66. The number of anilines is 2. The highest BCUT2D eigenvalue weighted by Gasteiger charge is 2.21. The molecular weight excluding hydrogens is 416 g/mol. The molecule has 1 amide bonds. The molecule has 0 aromatic heterocycles. The summed E-state index contributed by atoms with van der Waals surface area (Å²) in [4.78, 5) is 12.3. The number of rotatable bonds is 9. The minimum absolute atomic E-state index is 0.0732. The third-order valence-electron chi connectivity index (χ3n) is 4.40. The summed E-state index contributed by atoms with van der Waals surface area (Å²) >= 11 is 0.